The van der Waals surface area contributed by atoms with E-state index in [4.69, 9.17) is 11.6 Å². The standard InChI is InChI=1S/C10H7ClF2N2O/c11-6-1-2-9(16-10(12)13)7(3-6)8-4-14-5-15-8/h1-5,10H,(H,14,15). The molecule has 0 fully saturated rings. The summed E-state index contributed by atoms with van der Waals surface area (Å²) in [5.41, 5.74) is 1.02. The second-order valence-electron chi connectivity index (χ2n) is 2.98. The Morgan fingerprint density at radius 1 is 1.38 bits per heavy atom. The van der Waals surface area contributed by atoms with E-state index in [0.717, 1.165) is 0 Å². The lowest BCUT2D eigenvalue weighted by atomic mass is 10.1. The summed E-state index contributed by atoms with van der Waals surface area (Å²) in [6, 6.07) is 4.41. The number of imidazole rings is 1. The van der Waals surface area contributed by atoms with E-state index in [0.29, 0.717) is 16.3 Å². The Morgan fingerprint density at radius 2 is 2.19 bits per heavy atom. The smallest absolute Gasteiger partial charge is 0.387 e. The van der Waals surface area contributed by atoms with Crippen LogP contribution in [0.3, 0.4) is 0 Å². The third-order valence-electron chi connectivity index (χ3n) is 1.95. The topological polar surface area (TPSA) is 37.9 Å². The average molecular weight is 245 g/mol. The Balaban J connectivity index is 2.45. The first-order chi connectivity index (χ1) is 7.66. The zero-order valence-electron chi connectivity index (χ0n) is 7.95. The Morgan fingerprint density at radius 3 is 2.81 bits per heavy atom. The minimum absolute atomic E-state index is 0.0589. The lowest BCUT2D eigenvalue weighted by Gasteiger charge is -2.09. The molecule has 2 aromatic rings. The minimum Gasteiger partial charge on any atom is -0.434 e. The zero-order valence-corrected chi connectivity index (χ0v) is 8.71. The first-order valence-corrected chi connectivity index (χ1v) is 4.77. The van der Waals surface area contributed by atoms with Gasteiger partial charge in [0.25, 0.3) is 0 Å². The molecule has 0 amide bonds. The molecule has 6 heteroatoms. The molecule has 1 aromatic carbocycles. The molecule has 0 aliphatic rings. The van der Waals surface area contributed by atoms with Crippen molar-refractivity contribution in [2.24, 2.45) is 0 Å². The molecule has 0 aliphatic heterocycles. The Kier molecular flexibility index (Phi) is 3.05. The van der Waals surface area contributed by atoms with Crippen LogP contribution in [0, 0.1) is 0 Å². The largest absolute Gasteiger partial charge is 0.434 e. The zero-order chi connectivity index (χ0) is 11.5. The quantitative estimate of drug-likeness (QED) is 0.899. The fourth-order valence-corrected chi connectivity index (χ4v) is 1.49. The summed E-state index contributed by atoms with van der Waals surface area (Å²) in [6.45, 7) is -2.87. The van der Waals surface area contributed by atoms with Crippen LogP contribution < -0.4 is 4.74 Å². The van der Waals surface area contributed by atoms with Crippen LogP contribution in [0.4, 0.5) is 8.78 Å². The third kappa shape index (κ3) is 2.30. The summed E-state index contributed by atoms with van der Waals surface area (Å²) < 4.78 is 28.7. The van der Waals surface area contributed by atoms with Gasteiger partial charge < -0.3 is 9.72 Å². The highest BCUT2D eigenvalue weighted by atomic mass is 35.5. The van der Waals surface area contributed by atoms with E-state index >= 15 is 0 Å². The molecule has 2 rings (SSSR count). The average Bonchev–Trinajstić information content (AvgIpc) is 2.73. The molecular formula is C10H7ClF2N2O. The monoisotopic (exact) mass is 244 g/mol. The predicted octanol–water partition coefficient (Wildman–Crippen LogP) is 3.33. The van der Waals surface area contributed by atoms with Crippen LogP contribution in [0.2, 0.25) is 5.02 Å². The Labute approximate surface area is 95.0 Å². The van der Waals surface area contributed by atoms with Crippen molar-refractivity contribution in [2.75, 3.05) is 0 Å². The van der Waals surface area contributed by atoms with Crippen molar-refractivity contribution < 1.29 is 13.5 Å². The van der Waals surface area contributed by atoms with E-state index in [1.165, 1.54) is 30.7 Å². The van der Waals surface area contributed by atoms with E-state index in [1.54, 1.807) is 0 Å². The van der Waals surface area contributed by atoms with Gasteiger partial charge in [-0.15, -0.1) is 0 Å². The van der Waals surface area contributed by atoms with E-state index in [2.05, 4.69) is 14.7 Å². The highest BCUT2D eigenvalue weighted by molar-refractivity contribution is 6.30. The highest BCUT2D eigenvalue weighted by Gasteiger charge is 2.12. The molecule has 0 aliphatic carbocycles. The van der Waals surface area contributed by atoms with E-state index in [1.807, 2.05) is 0 Å². The SMILES string of the molecule is FC(F)Oc1ccc(Cl)cc1-c1cnc[nH]1. The molecule has 0 unspecified atom stereocenters. The molecule has 1 N–H and O–H groups in total. The van der Waals surface area contributed by atoms with Crippen molar-refractivity contribution in [1.29, 1.82) is 0 Å². The molecule has 0 saturated heterocycles. The third-order valence-corrected chi connectivity index (χ3v) is 2.18. The number of nitrogens with one attached hydrogen (secondary N) is 1. The number of nitrogens with zero attached hydrogens (tertiary/aromatic N) is 1. The summed E-state index contributed by atoms with van der Waals surface area (Å²) in [4.78, 5) is 6.61. The van der Waals surface area contributed by atoms with E-state index in [-0.39, 0.29) is 5.75 Å². The Hall–Kier alpha value is -1.62. The Bertz CT molecular complexity index is 474. The molecule has 16 heavy (non-hydrogen) atoms. The molecule has 1 aromatic heterocycles. The number of aromatic nitrogens is 2. The molecule has 0 bridgehead atoms. The van der Waals surface area contributed by atoms with E-state index < -0.39 is 6.61 Å². The predicted molar refractivity (Wildman–Crippen MR) is 55.7 cm³/mol. The lowest BCUT2D eigenvalue weighted by Crippen LogP contribution is -2.03. The second-order valence-corrected chi connectivity index (χ2v) is 3.42. The number of halogens is 3. The van der Waals surface area contributed by atoms with Crippen LogP contribution in [0.25, 0.3) is 11.3 Å². The first-order valence-electron chi connectivity index (χ1n) is 4.40. The van der Waals surface area contributed by atoms with Gasteiger partial charge in [0.05, 0.1) is 18.2 Å². The summed E-state index contributed by atoms with van der Waals surface area (Å²) >= 11 is 5.79. The van der Waals surface area contributed by atoms with Crippen molar-refractivity contribution >= 4 is 11.6 Å². The van der Waals surface area contributed by atoms with Crippen molar-refractivity contribution in [3.63, 3.8) is 0 Å². The van der Waals surface area contributed by atoms with Crippen molar-refractivity contribution in [2.45, 2.75) is 6.61 Å². The van der Waals surface area contributed by atoms with Gasteiger partial charge in [0, 0.05) is 10.6 Å². The number of hydrogen-bond acceptors (Lipinski definition) is 2. The summed E-state index contributed by atoms with van der Waals surface area (Å²) in [7, 11) is 0. The van der Waals surface area contributed by atoms with Crippen LogP contribution in [0.15, 0.2) is 30.7 Å². The normalized spacial score (nSPS) is 10.8. The molecule has 0 saturated carbocycles. The molecule has 3 nitrogen and oxygen atoms in total. The van der Waals surface area contributed by atoms with Gasteiger partial charge in [0.1, 0.15) is 5.75 Å². The summed E-state index contributed by atoms with van der Waals surface area (Å²) in [6.07, 6.45) is 2.95. The maximum absolute atomic E-state index is 12.2. The molecule has 84 valence electrons. The van der Waals surface area contributed by atoms with Gasteiger partial charge in [-0.3, -0.25) is 0 Å². The number of alkyl halides is 2. The molecule has 0 radical (unpaired) electrons. The minimum atomic E-state index is -2.87. The summed E-state index contributed by atoms with van der Waals surface area (Å²) in [5, 5.41) is 0.436. The number of ether oxygens (including phenoxy) is 1. The second kappa shape index (κ2) is 4.49. The van der Waals surface area contributed by atoms with Gasteiger partial charge >= 0.3 is 6.61 Å². The van der Waals surface area contributed by atoms with Gasteiger partial charge in [-0.25, -0.2) is 4.98 Å². The van der Waals surface area contributed by atoms with Gasteiger partial charge in [0.15, 0.2) is 0 Å². The number of benzene rings is 1. The van der Waals surface area contributed by atoms with Crippen LogP contribution in [0.1, 0.15) is 0 Å². The van der Waals surface area contributed by atoms with Gasteiger partial charge in [0.2, 0.25) is 0 Å². The molecular weight excluding hydrogens is 238 g/mol. The van der Waals surface area contributed by atoms with Crippen molar-refractivity contribution in [3.05, 3.63) is 35.7 Å². The first kappa shape index (κ1) is 10.9. The lowest BCUT2D eigenvalue weighted by molar-refractivity contribution is -0.0494. The fraction of sp³-hybridized carbons (Fsp3) is 0.100. The molecule has 0 atom stereocenters. The van der Waals surface area contributed by atoms with Gasteiger partial charge in [-0.2, -0.15) is 8.78 Å². The maximum atomic E-state index is 12.2. The van der Waals surface area contributed by atoms with Crippen LogP contribution in [-0.2, 0) is 0 Å². The van der Waals surface area contributed by atoms with Crippen LogP contribution in [-0.4, -0.2) is 16.6 Å². The van der Waals surface area contributed by atoms with Crippen molar-refractivity contribution in [3.8, 4) is 17.0 Å². The molecule has 1 heterocycles. The van der Waals surface area contributed by atoms with Crippen LogP contribution >= 0.6 is 11.6 Å². The number of H-pyrrole nitrogens is 1. The number of hydrogen-bond donors (Lipinski definition) is 1. The number of rotatable bonds is 3. The fourth-order valence-electron chi connectivity index (χ4n) is 1.31. The van der Waals surface area contributed by atoms with E-state index in [9.17, 15) is 8.78 Å². The highest BCUT2D eigenvalue weighted by Crippen LogP contribution is 2.32. The molecule has 0 spiro atoms. The van der Waals surface area contributed by atoms with Gasteiger partial charge in [-0.1, -0.05) is 11.6 Å². The van der Waals surface area contributed by atoms with Crippen molar-refractivity contribution in [1.82, 2.24) is 9.97 Å². The maximum Gasteiger partial charge on any atom is 0.387 e. The summed E-state index contributed by atoms with van der Waals surface area (Å²) in [5.74, 6) is 0.0589. The number of aromatic amines is 1. The van der Waals surface area contributed by atoms with Gasteiger partial charge in [-0.05, 0) is 18.2 Å². The van der Waals surface area contributed by atoms with Crippen LogP contribution in [0.5, 0.6) is 5.75 Å².